The zero-order valence-electron chi connectivity index (χ0n) is 7.93. The maximum atomic E-state index is 8.92. The summed E-state index contributed by atoms with van der Waals surface area (Å²) in [6.07, 6.45) is 0.586. The molecular formula is C10H13I2NO. The van der Waals surface area contributed by atoms with Crippen LogP contribution in [0.2, 0.25) is 0 Å². The molecule has 0 saturated heterocycles. The maximum absolute atomic E-state index is 8.92. The predicted molar refractivity (Wildman–Crippen MR) is 75.1 cm³/mol. The number of hydrogen-bond acceptors (Lipinski definition) is 2. The lowest BCUT2D eigenvalue weighted by molar-refractivity contribution is 0.247. The van der Waals surface area contributed by atoms with Gasteiger partial charge in [-0.1, -0.05) is 0 Å². The zero-order chi connectivity index (χ0) is 10.8. The van der Waals surface area contributed by atoms with Crippen LogP contribution in [0.4, 0.5) is 0 Å². The summed E-state index contributed by atoms with van der Waals surface area (Å²) in [4.78, 5) is 0. The van der Waals surface area contributed by atoms with E-state index in [4.69, 9.17) is 10.8 Å². The quantitative estimate of drug-likeness (QED) is 0.743. The van der Waals surface area contributed by atoms with Gasteiger partial charge in [0.25, 0.3) is 0 Å². The Morgan fingerprint density at radius 2 is 1.79 bits per heavy atom. The van der Waals surface area contributed by atoms with Crippen LogP contribution in [0.1, 0.15) is 18.9 Å². The second-order valence-corrected chi connectivity index (χ2v) is 6.04. The van der Waals surface area contributed by atoms with Gasteiger partial charge in [-0.2, -0.15) is 0 Å². The first-order chi connectivity index (χ1) is 6.45. The lowest BCUT2D eigenvalue weighted by Crippen LogP contribution is -2.34. The monoisotopic (exact) mass is 417 g/mol. The molecule has 1 aromatic carbocycles. The highest BCUT2D eigenvalue weighted by atomic mass is 127. The van der Waals surface area contributed by atoms with Crippen LogP contribution >= 0.6 is 45.2 Å². The maximum Gasteiger partial charge on any atom is 0.0451 e. The first-order valence-corrected chi connectivity index (χ1v) is 6.48. The fraction of sp³-hybridized carbons (Fsp3) is 0.400. The standard InChI is InChI=1S/C10H13I2NO/c1-10(13,2-3-14)7-4-8(11)6-9(12)5-7/h4-6,14H,2-3,13H2,1H3/t10-/m0/s1. The average molecular weight is 417 g/mol. The Morgan fingerprint density at radius 3 is 2.21 bits per heavy atom. The first-order valence-electron chi connectivity index (χ1n) is 4.32. The van der Waals surface area contributed by atoms with Crippen molar-refractivity contribution in [2.75, 3.05) is 6.61 Å². The predicted octanol–water partition coefficient (Wildman–Crippen LogP) is 2.45. The lowest BCUT2D eigenvalue weighted by atomic mass is 9.90. The van der Waals surface area contributed by atoms with Crippen molar-refractivity contribution in [3.8, 4) is 0 Å². The molecule has 2 nitrogen and oxygen atoms in total. The normalized spacial score (nSPS) is 15.2. The summed E-state index contributed by atoms with van der Waals surface area (Å²) in [5.41, 5.74) is 6.77. The molecule has 0 heterocycles. The van der Waals surface area contributed by atoms with E-state index in [-0.39, 0.29) is 6.61 Å². The summed E-state index contributed by atoms with van der Waals surface area (Å²) >= 11 is 4.55. The van der Waals surface area contributed by atoms with Crippen LogP contribution in [0.15, 0.2) is 18.2 Å². The molecule has 0 fully saturated rings. The van der Waals surface area contributed by atoms with Gasteiger partial charge in [0, 0.05) is 19.3 Å². The van der Waals surface area contributed by atoms with Crippen LogP contribution in [0.5, 0.6) is 0 Å². The van der Waals surface area contributed by atoms with Crippen LogP contribution in [0.25, 0.3) is 0 Å². The van der Waals surface area contributed by atoms with Gasteiger partial charge in [0.15, 0.2) is 0 Å². The molecule has 0 saturated carbocycles. The minimum absolute atomic E-state index is 0.120. The molecule has 1 aromatic rings. The van der Waals surface area contributed by atoms with E-state index in [2.05, 4.69) is 63.4 Å². The van der Waals surface area contributed by atoms with Gasteiger partial charge in [-0.05, 0) is 82.3 Å². The summed E-state index contributed by atoms with van der Waals surface area (Å²) < 4.78 is 2.36. The summed E-state index contributed by atoms with van der Waals surface area (Å²) in [5.74, 6) is 0. The third kappa shape index (κ3) is 3.32. The Balaban J connectivity index is 3.05. The van der Waals surface area contributed by atoms with Crippen LogP contribution < -0.4 is 5.73 Å². The van der Waals surface area contributed by atoms with E-state index in [9.17, 15) is 0 Å². The minimum Gasteiger partial charge on any atom is -0.396 e. The Bertz CT molecular complexity index is 306. The molecule has 1 atom stereocenters. The average Bonchev–Trinajstić information content (AvgIpc) is 2.02. The molecule has 0 aliphatic rings. The molecule has 0 aromatic heterocycles. The van der Waals surface area contributed by atoms with E-state index >= 15 is 0 Å². The molecule has 0 amide bonds. The lowest BCUT2D eigenvalue weighted by Gasteiger charge is -2.24. The van der Waals surface area contributed by atoms with Crippen molar-refractivity contribution in [3.05, 3.63) is 30.9 Å². The van der Waals surface area contributed by atoms with Gasteiger partial charge in [-0.25, -0.2) is 0 Å². The molecule has 3 N–H and O–H groups in total. The van der Waals surface area contributed by atoms with E-state index in [0.717, 1.165) is 5.56 Å². The third-order valence-electron chi connectivity index (χ3n) is 2.15. The van der Waals surface area contributed by atoms with Crippen molar-refractivity contribution < 1.29 is 5.11 Å². The highest BCUT2D eigenvalue weighted by Crippen LogP contribution is 2.25. The molecule has 0 unspecified atom stereocenters. The zero-order valence-corrected chi connectivity index (χ0v) is 12.2. The summed E-state index contributed by atoms with van der Waals surface area (Å²) in [6, 6.07) is 6.23. The fourth-order valence-electron chi connectivity index (χ4n) is 1.26. The number of aliphatic hydroxyl groups is 1. The molecule has 0 spiro atoms. The SMILES string of the molecule is C[C@](N)(CCO)c1cc(I)cc(I)c1. The molecule has 0 aliphatic heterocycles. The van der Waals surface area contributed by atoms with Crippen molar-refractivity contribution in [1.82, 2.24) is 0 Å². The molecule has 0 bridgehead atoms. The number of halogens is 2. The largest absolute Gasteiger partial charge is 0.396 e. The topological polar surface area (TPSA) is 46.2 Å². The van der Waals surface area contributed by atoms with E-state index in [1.54, 1.807) is 0 Å². The van der Waals surface area contributed by atoms with Gasteiger partial charge >= 0.3 is 0 Å². The van der Waals surface area contributed by atoms with E-state index in [0.29, 0.717) is 6.42 Å². The molecule has 0 radical (unpaired) electrons. The smallest absolute Gasteiger partial charge is 0.0451 e. The fourth-order valence-corrected chi connectivity index (χ4v) is 3.20. The van der Waals surface area contributed by atoms with Crippen molar-refractivity contribution >= 4 is 45.2 Å². The highest BCUT2D eigenvalue weighted by Gasteiger charge is 2.20. The molecule has 78 valence electrons. The second kappa shape index (κ2) is 5.09. The van der Waals surface area contributed by atoms with Gasteiger partial charge in [0.1, 0.15) is 0 Å². The Hall–Kier alpha value is 0.600. The Morgan fingerprint density at radius 1 is 1.29 bits per heavy atom. The number of nitrogens with two attached hydrogens (primary N) is 1. The van der Waals surface area contributed by atoms with E-state index in [1.165, 1.54) is 7.14 Å². The van der Waals surface area contributed by atoms with Crippen LogP contribution in [0.3, 0.4) is 0 Å². The number of aliphatic hydroxyl groups excluding tert-OH is 1. The molecule has 4 heteroatoms. The number of hydrogen-bond donors (Lipinski definition) is 2. The van der Waals surface area contributed by atoms with Crippen LogP contribution in [-0.2, 0) is 5.54 Å². The summed E-state index contributed by atoms with van der Waals surface area (Å²) in [5, 5.41) is 8.92. The molecule has 14 heavy (non-hydrogen) atoms. The van der Waals surface area contributed by atoms with Crippen LogP contribution in [-0.4, -0.2) is 11.7 Å². The number of benzene rings is 1. The Kier molecular flexibility index (Phi) is 4.60. The van der Waals surface area contributed by atoms with Gasteiger partial charge < -0.3 is 10.8 Å². The van der Waals surface area contributed by atoms with Gasteiger partial charge in [0.05, 0.1) is 0 Å². The van der Waals surface area contributed by atoms with Gasteiger partial charge in [0.2, 0.25) is 0 Å². The van der Waals surface area contributed by atoms with Crippen LogP contribution in [0, 0.1) is 7.14 Å². The van der Waals surface area contributed by atoms with Crippen molar-refractivity contribution in [3.63, 3.8) is 0 Å². The van der Waals surface area contributed by atoms with Gasteiger partial charge in [-0.3, -0.25) is 0 Å². The highest BCUT2D eigenvalue weighted by molar-refractivity contribution is 14.1. The number of rotatable bonds is 3. The summed E-state index contributed by atoms with van der Waals surface area (Å²) in [7, 11) is 0. The second-order valence-electron chi connectivity index (χ2n) is 3.55. The van der Waals surface area contributed by atoms with E-state index in [1.807, 2.05) is 6.92 Å². The summed E-state index contributed by atoms with van der Waals surface area (Å²) in [6.45, 7) is 2.07. The van der Waals surface area contributed by atoms with Crippen molar-refractivity contribution in [1.29, 1.82) is 0 Å². The van der Waals surface area contributed by atoms with Gasteiger partial charge in [-0.15, -0.1) is 0 Å². The molecule has 0 aliphatic carbocycles. The molecule has 1 rings (SSSR count). The third-order valence-corrected chi connectivity index (χ3v) is 3.40. The van der Waals surface area contributed by atoms with Crippen molar-refractivity contribution in [2.24, 2.45) is 5.73 Å². The Labute approximate surface area is 112 Å². The molecular weight excluding hydrogens is 404 g/mol. The van der Waals surface area contributed by atoms with E-state index < -0.39 is 5.54 Å². The first kappa shape index (κ1) is 12.7. The van der Waals surface area contributed by atoms with Crippen molar-refractivity contribution in [2.45, 2.75) is 18.9 Å². The minimum atomic E-state index is -0.435.